The second-order valence-electron chi connectivity index (χ2n) is 8.15. The molecule has 4 heterocycles. The third-order valence-electron chi connectivity index (χ3n) is 6.01. The van der Waals surface area contributed by atoms with Crippen molar-refractivity contribution in [3.8, 4) is 0 Å². The van der Waals surface area contributed by atoms with Crippen molar-refractivity contribution in [2.24, 2.45) is 4.99 Å². The molecule has 2 aliphatic rings. The Hall–Kier alpha value is -2.76. The summed E-state index contributed by atoms with van der Waals surface area (Å²) in [4.78, 5) is 10.7. The van der Waals surface area contributed by atoms with Crippen molar-refractivity contribution in [2.45, 2.75) is 37.7 Å². The molecule has 0 bridgehead atoms. The molecule has 1 fully saturated rings. The summed E-state index contributed by atoms with van der Waals surface area (Å²) in [5.41, 5.74) is -0.686. The summed E-state index contributed by atoms with van der Waals surface area (Å²) >= 11 is 7.67. The molecule has 1 unspecified atom stereocenters. The van der Waals surface area contributed by atoms with E-state index in [1.807, 2.05) is 0 Å². The molecule has 3 atom stereocenters. The lowest BCUT2D eigenvalue weighted by Crippen LogP contribution is -2.41. The summed E-state index contributed by atoms with van der Waals surface area (Å²) in [7, 11) is 0. The molecule has 6 nitrogen and oxygen atoms in total. The largest absolute Gasteiger partial charge is 0.390 e. The van der Waals surface area contributed by atoms with Gasteiger partial charge in [0.15, 0.2) is 16.5 Å². The van der Waals surface area contributed by atoms with Crippen LogP contribution in [0.25, 0.3) is 5.57 Å². The van der Waals surface area contributed by atoms with Crippen LogP contribution in [0, 0.1) is 5.82 Å². The molecule has 0 saturated carbocycles. The van der Waals surface area contributed by atoms with E-state index >= 15 is 4.39 Å². The summed E-state index contributed by atoms with van der Waals surface area (Å²) < 4.78 is 56.7. The van der Waals surface area contributed by atoms with Gasteiger partial charge in [-0.2, -0.15) is 13.9 Å². The monoisotopic (exact) mass is 511 g/mol. The van der Waals surface area contributed by atoms with Gasteiger partial charge in [-0.3, -0.25) is 4.99 Å². The summed E-state index contributed by atoms with van der Waals surface area (Å²) in [6.07, 6.45) is 1.18. The van der Waals surface area contributed by atoms with E-state index in [-0.39, 0.29) is 23.7 Å². The number of benzene rings is 1. The van der Waals surface area contributed by atoms with E-state index in [4.69, 9.17) is 16.6 Å². The second-order valence-corrected chi connectivity index (χ2v) is 9.45. The molecular formula is C22H18ClF4N5OS. The summed E-state index contributed by atoms with van der Waals surface area (Å²) in [6, 6.07) is 4.30. The fraction of sp³-hybridized carbons (Fsp3) is 0.318. The van der Waals surface area contributed by atoms with Gasteiger partial charge in [0.25, 0.3) is 0 Å². The number of amidine groups is 1. The van der Waals surface area contributed by atoms with E-state index in [0.29, 0.717) is 32.4 Å². The van der Waals surface area contributed by atoms with Gasteiger partial charge in [-0.05, 0) is 25.1 Å². The van der Waals surface area contributed by atoms with Gasteiger partial charge in [-0.15, -0.1) is 11.3 Å². The number of aromatic nitrogens is 3. The zero-order valence-corrected chi connectivity index (χ0v) is 19.2. The molecule has 1 aromatic carbocycles. The van der Waals surface area contributed by atoms with Gasteiger partial charge < -0.3 is 10.0 Å². The van der Waals surface area contributed by atoms with Crippen molar-refractivity contribution in [3.05, 3.63) is 74.8 Å². The van der Waals surface area contributed by atoms with Crippen molar-refractivity contribution >= 4 is 34.3 Å². The minimum atomic E-state index is -2.87. The number of fused-ring (bicyclic) bond motifs is 1. The maximum atomic E-state index is 15.8. The number of allylic oxidation sites excluding steroid dienone is 1. The van der Waals surface area contributed by atoms with Gasteiger partial charge in [0.05, 0.1) is 18.3 Å². The molecule has 2 aromatic heterocycles. The van der Waals surface area contributed by atoms with Crippen LogP contribution in [-0.2, 0) is 0 Å². The standard InChI is InChI=1S/C22H18ClF4N5OS/c1-11(33)22(27)9-16-17(15-4-6-32(30-15)21(25)26)18(13-3-2-12(24)8-14(13)23)29-19(31(16)10-22)20-28-5-7-34-20/h2-8,11,18,21,33H,9-10H2,1H3/t11?,18-,22-/m0/s1. The zero-order chi connectivity index (χ0) is 24.2. The molecule has 12 heteroatoms. The van der Waals surface area contributed by atoms with E-state index in [2.05, 4.69) is 10.1 Å². The van der Waals surface area contributed by atoms with Crippen LogP contribution >= 0.6 is 22.9 Å². The number of rotatable bonds is 5. The van der Waals surface area contributed by atoms with E-state index in [0.717, 1.165) is 12.3 Å². The van der Waals surface area contributed by atoms with Crippen molar-refractivity contribution in [1.82, 2.24) is 19.7 Å². The Balaban J connectivity index is 1.76. The molecule has 178 valence electrons. The Kier molecular flexibility index (Phi) is 5.73. The Bertz CT molecular complexity index is 1290. The summed E-state index contributed by atoms with van der Waals surface area (Å²) in [5.74, 6) is -0.197. The van der Waals surface area contributed by atoms with Crippen LogP contribution in [0.1, 0.15) is 42.2 Å². The second kappa shape index (κ2) is 8.47. The molecular weight excluding hydrogens is 494 g/mol. The van der Waals surface area contributed by atoms with E-state index in [1.54, 1.807) is 16.5 Å². The van der Waals surface area contributed by atoms with Crippen LogP contribution in [0.5, 0.6) is 0 Å². The van der Waals surface area contributed by atoms with Crippen LogP contribution < -0.4 is 0 Å². The molecule has 0 amide bonds. The van der Waals surface area contributed by atoms with Crippen molar-refractivity contribution < 1.29 is 22.7 Å². The van der Waals surface area contributed by atoms with Gasteiger partial charge in [-0.25, -0.2) is 18.4 Å². The van der Waals surface area contributed by atoms with Gasteiger partial charge >= 0.3 is 6.55 Å². The van der Waals surface area contributed by atoms with E-state index in [9.17, 15) is 18.3 Å². The average molecular weight is 512 g/mol. The number of hydrogen-bond donors (Lipinski definition) is 1. The van der Waals surface area contributed by atoms with Gasteiger partial charge in [0.2, 0.25) is 0 Å². The maximum Gasteiger partial charge on any atom is 0.333 e. The van der Waals surface area contributed by atoms with E-state index in [1.165, 1.54) is 36.5 Å². The molecule has 3 aromatic rings. The van der Waals surface area contributed by atoms with Crippen molar-refractivity contribution in [1.29, 1.82) is 0 Å². The SMILES string of the molecule is CC(O)[C@]1(F)CC2=C(c3ccn(C(F)F)n3)[C@H](c3ccc(F)cc3Cl)N=C(c3nccs3)N2C1. The highest BCUT2D eigenvalue weighted by Gasteiger charge is 2.50. The number of hydrogen-bond acceptors (Lipinski definition) is 6. The normalized spacial score (nSPS) is 23.5. The highest BCUT2D eigenvalue weighted by atomic mass is 35.5. The molecule has 0 spiro atoms. The molecule has 1 N–H and O–H groups in total. The van der Waals surface area contributed by atoms with Gasteiger partial charge in [-0.1, -0.05) is 17.7 Å². The first-order valence-corrected chi connectivity index (χ1v) is 11.6. The van der Waals surface area contributed by atoms with Crippen LogP contribution in [0.4, 0.5) is 17.6 Å². The Morgan fingerprint density at radius 3 is 2.71 bits per heavy atom. The lowest BCUT2D eigenvalue weighted by molar-refractivity contribution is 0.0143. The van der Waals surface area contributed by atoms with Crippen LogP contribution in [-0.4, -0.2) is 48.9 Å². The minimum Gasteiger partial charge on any atom is -0.390 e. The van der Waals surface area contributed by atoms with Gasteiger partial charge in [0, 0.05) is 46.1 Å². The maximum absolute atomic E-state index is 15.8. The number of thiazole rings is 1. The summed E-state index contributed by atoms with van der Waals surface area (Å²) in [5, 5.41) is 16.5. The highest BCUT2D eigenvalue weighted by molar-refractivity contribution is 7.11. The molecule has 2 aliphatic heterocycles. The molecule has 0 aliphatic carbocycles. The van der Waals surface area contributed by atoms with E-state index < -0.39 is 30.2 Å². The van der Waals surface area contributed by atoms with Crippen LogP contribution in [0.15, 0.2) is 52.7 Å². The van der Waals surface area contributed by atoms with Crippen LogP contribution in [0.2, 0.25) is 5.02 Å². The van der Waals surface area contributed by atoms with Crippen LogP contribution in [0.3, 0.4) is 0 Å². The number of aliphatic hydroxyl groups is 1. The predicted molar refractivity (Wildman–Crippen MR) is 120 cm³/mol. The smallest absolute Gasteiger partial charge is 0.333 e. The molecule has 5 rings (SSSR count). The first-order chi connectivity index (χ1) is 16.2. The van der Waals surface area contributed by atoms with Crippen molar-refractivity contribution in [2.75, 3.05) is 6.54 Å². The Morgan fingerprint density at radius 1 is 1.29 bits per heavy atom. The lowest BCUT2D eigenvalue weighted by Gasteiger charge is -2.32. The number of aliphatic imine (C=N–C) groups is 1. The Labute approximate surface area is 200 Å². The Morgan fingerprint density at radius 2 is 2.09 bits per heavy atom. The first-order valence-electron chi connectivity index (χ1n) is 10.3. The summed E-state index contributed by atoms with van der Waals surface area (Å²) in [6.45, 7) is -1.72. The number of nitrogens with zero attached hydrogens (tertiary/aromatic N) is 5. The zero-order valence-electron chi connectivity index (χ0n) is 17.7. The molecule has 34 heavy (non-hydrogen) atoms. The fourth-order valence-electron chi connectivity index (χ4n) is 4.26. The van der Waals surface area contributed by atoms with Gasteiger partial charge in [0.1, 0.15) is 11.9 Å². The first kappa shape index (κ1) is 23.0. The molecule has 0 radical (unpaired) electrons. The lowest BCUT2D eigenvalue weighted by atomic mass is 9.90. The number of alkyl halides is 3. The predicted octanol–water partition coefficient (Wildman–Crippen LogP) is 5.23. The molecule has 1 saturated heterocycles. The third kappa shape index (κ3) is 3.81. The number of aliphatic hydroxyl groups excluding tert-OH is 1. The number of halogens is 5. The third-order valence-corrected chi connectivity index (χ3v) is 7.11. The minimum absolute atomic E-state index is 0.0760. The highest BCUT2D eigenvalue weighted by Crippen LogP contribution is 2.49. The van der Waals surface area contributed by atoms with Crippen molar-refractivity contribution in [3.63, 3.8) is 0 Å². The quantitative estimate of drug-likeness (QED) is 0.476. The average Bonchev–Trinajstić information content (AvgIpc) is 3.52. The fourth-order valence-corrected chi connectivity index (χ4v) is 5.17. The topological polar surface area (TPSA) is 66.5 Å².